The molecule has 3 heteroatoms. The lowest BCUT2D eigenvalue weighted by molar-refractivity contribution is -0.140. The summed E-state index contributed by atoms with van der Waals surface area (Å²) in [4.78, 5) is 14.2. The van der Waals surface area contributed by atoms with E-state index in [0.717, 1.165) is 17.5 Å². The molecule has 0 fully saturated rings. The molecule has 2 rings (SSSR count). The second-order valence-corrected chi connectivity index (χ2v) is 3.44. The largest absolute Gasteiger partial charge is 0.469 e. The molecule has 0 aliphatic carbocycles. The van der Waals surface area contributed by atoms with Crippen LogP contribution in [-0.2, 0) is 16.0 Å². The topological polar surface area (TPSA) is 42.1 Å². The molecule has 1 N–H and O–H groups in total. The third-order valence-electron chi connectivity index (χ3n) is 2.50. The maximum absolute atomic E-state index is 11.0. The number of methoxy groups -OCH3 is 1. The summed E-state index contributed by atoms with van der Waals surface area (Å²) in [6.45, 7) is 4.00. The highest BCUT2D eigenvalue weighted by Gasteiger charge is 2.05. The molecule has 1 aromatic heterocycles. The molecule has 17 heavy (non-hydrogen) atoms. The Kier molecular flexibility index (Phi) is 5.27. The van der Waals surface area contributed by atoms with Crippen molar-refractivity contribution in [3.8, 4) is 0 Å². The monoisotopic (exact) mass is 233 g/mol. The Labute approximate surface area is 102 Å². The number of hydrogen-bond acceptors (Lipinski definition) is 2. The van der Waals surface area contributed by atoms with Gasteiger partial charge in [0.2, 0.25) is 0 Å². The molecular weight excluding hydrogens is 214 g/mol. The van der Waals surface area contributed by atoms with E-state index in [1.807, 2.05) is 38.2 Å². The predicted octanol–water partition coefficient (Wildman–Crippen LogP) is 3.30. The summed E-state index contributed by atoms with van der Waals surface area (Å²) >= 11 is 0. The molecule has 0 amide bonds. The molecule has 2 aromatic rings. The number of nitrogens with one attached hydrogen (secondary N) is 1. The average Bonchev–Trinajstić information content (AvgIpc) is 2.81. The standard InChI is InChI=1S/C12H13NO2.C2H6/c1-15-12(14)7-6-9-8-13-11-5-3-2-4-10(9)11;1-2/h2-5,8,13H,6-7H2,1H3;1-2H3. The van der Waals surface area contributed by atoms with Crippen LogP contribution in [0.2, 0.25) is 0 Å². The molecule has 0 atom stereocenters. The molecule has 0 bridgehead atoms. The Morgan fingerprint density at radius 2 is 2.00 bits per heavy atom. The number of carbonyl (C=O) groups excluding carboxylic acids is 1. The highest BCUT2D eigenvalue weighted by molar-refractivity contribution is 5.83. The summed E-state index contributed by atoms with van der Waals surface area (Å²) in [5.41, 5.74) is 2.27. The van der Waals surface area contributed by atoms with Gasteiger partial charge in [-0.05, 0) is 18.1 Å². The summed E-state index contributed by atoms with van der Waals surface area (Å²) in [7, 11) is 1.41. The number of benzene rings is 1. The first kappa shape index (κ1) is 13.3. The first-order valence-electron chi connectivity index (χ1n) is 5.93. The Hall–Kier alpha value is -1.77. The SMILES string of the molecule is CC.COC(=O)CCc1c[nH]c2ccccc12. The van der Waals surface area contributed by atoms with Gasteiger partial charge >= 0.3 is 5.97 Å². The minimum absolute atomic E-state index is 0.166. The van der Waals surface area contributed by atoms with Gasteiger partial charge in [0.1, 0.15) is 0 Å². The van der Waals surface area contributed by atoms with E-state index in [-0.39, 0.29) is 5.97 Å². The zero-order chi connectivity index (χ0) is 12.7. The highest BCUT2D eigenvalue weighted by atomic mass is 16.5. The van der Waals surface area contributed by atoms with Gasteiger partial charge in [0, 0.05) is 23.5 Å². The minimum atomic E-state index is -0.166. The van der Waals surface area contributed by atoms with E-state index in [9.17, 15) is 4.79 Å². The highest BCUT2D eigenvalue weighted by Crippen LogP contribution is 2.18. The number of aromatic amines is 1. The lowest BCUT2D eigenvalue weighted by Crippen LogP contribution is -2.01. The number of H-pyrrole nitrogens is 1. The molecule has 0 saturated heterocycles. The predicted molar refractivity (Wildman–Crippen MR) is 70.0 cm³/mol. The maximum Gasteiger partial charge on any atom is 0.305 e. The fraction of sp³-hybridized carbons (Fsp3) is 0.357. The van der Waals surface area contributed by atoms with Gasteiger partial charge in [-0.15, -0.1) is 0 Å². The zero-order valence-electron chi connectivity index (χ0n) is 10.6. The van der Waals surface area contributed by atoms with Crippen molar-refractivity contribution in [1.29, 1.82) is 0 Å². The van der Waals surface area contributed by atoms with Gasteiger partial charge in [-0.3, -0.25) is 4.79 Å². The molecule has 1 aromatic carbocycles. The number of ether oxygens (including phenoxy) is 1. The van der Waals surface area contributed by atoms with Crippen LogP contribution in [-0.4, -0.2) is 18.1 Å². The minimum Gasteiger partial charge on any atom is -0.469 e. The Morgan fingerprint density at radius 1 is 1.29 bits per heavy atom. The van der Waals surface area contributed by atoms with E-state index in [0.29, 0.717) is 6.42 Å². The third-order valence-corrected chi connectivity index (χ3v) is 2.50. The molecule has 0 saturated carbocycles. The average molecular weight is 233 g/mol. The number of esters is 1. The summed E-state index contributed by atoms with van der Waals surface area (Å²) in [6, 6.07) is 8.07. The van der Waals surface area contributed by atoms with Crippen LogP contribution in [0.5, 0.6) is 0 Å². The lowest BCUT2D eigenvalue weighted by atomic mass is 10.1. The van der Waals surface area contributed by atoms with E-state index < -0.39 is 0 Å². The first-order valence-corrected chi connectivity index (χ1v) is 5.93. The van der Waals surface area contributed by atoms with Gasteiger partial charge in [0.15, 0.2) is 0 Å². The molecule has 3 nitrogen and oxygen atoms in total. The van der Waals surface area contributed by atoms with E-state index >= 15 is 0 Å². The molecule has 1 heterocycles. The zero-order valence-corrected chi connectivity index (χ0v) is 10.6. The fourth-order valence-electron chi connectivity index (χ4n) is 1.68. The number of aromatic nitrogens is 1. The van der Waals surface area contributed by atoms with Crippen molar-refractivity contribution in [3.63, 3.8) is 0 Å². The number of para-hydroxylation sites is 1. The molecule has 0 aliphatic heterocycles. The summed E-state index contributed by atoms with van der Waals surface area (Å²) < 4.78 is 4.61. The van der Waals surface area contributed by atoms with Crippen molar-refractivity contribution in [2.45, 2.75) is 26.7 Å². The molecule has 0 radical (unpaired) electrons. The number of fused-ring (bicyclic) bond motifs is 1. The molecule has 0 spiro atoms. The van der Waals surface area contributed by atoms with E-state index in [1.165, 1.54) is 12.5 Å². The maximum atomic E-state index is 11.0. The molecule has 0 unspecified atom stereocenters. The summed E-state index contributed by atoms with van der Waals surface area (Å²) in [5, 5.41) is 1.18. The van der Waals surface area contributed by atoms with Gasteiger partial charge in [0.25, 0.3) is 0 Å². The van der Waals surface area contributed by atoms with E-state index in [1.54, 1.807) is 0 Å². The second-order valence-electron chi connectivity index (χ2n) is 3.44. The van der Waals surface area contributed by atoms with Crippen molar-refractivity contribution in [2.24, 2.45) is 0 Å². The third kappa shape index (κ3) is 3.34. The normalized spacial score (nSPS) is 9.59. The number of rotatable bonds is 3. The van der Waals surface area contributed by atoms with Crippen LogP contribution in [0.4, 0.5) is 0 Å². The van der Waals surface area contributed by atoms with Gasteiger partial charge in [-0.25, -0.2) is 0 Å². The van der Waals surface area contributed by atoms with Gasteiger partial charge < -0.3 is 9.72 Å². The van der Waals surface area contributed by atoms with Gasteiger partial charge in [-0.2, -0.15) is 0 Å². The van der Waals surface area contributed by atoms with Crippen LogP contribution in [0.25, 0.3) is 10.9 Å². The quantitative estimate of drug-likeness (QED) is 0.826. The van der Waals surface area contributed by atoms with Crippen LogP contribution in [0, 0.1) is 0 Å². The summed E-state index contributed by atoms with van der Waals surface area (Å²) in [6.07, 6.45) is 3.10. The number of hydrogen-bond donors (Lipinski definition) is 1. The summed E-state index contributed by atoms with van der Waals surface area (Å²) in [5.74, 6) is -0.166. The Balaban J connectivity index is 0.000000686. The van der Waals surface area contributed by atoms with Crippen molar-refractivity contribution >= 4 is 16.9 Å². The Bertz CT molecular complexity index is 474. The molecular formula is C14H19NO2. The van der Waals surface area contributed by atoms with Crippen LogP contribution in [0.15, 0.2) is 30.5 Å². The van der Waals surface area contributed by atoms with Crippen LogP contribution in [0.3, 0.4) is 0 Å². The van der Waals surface area contributed by atoms with E-state index in [4.69, 9.17) is 0 Å². The van der Waals surface area contributed by atoms with Crippen molar-refractivity contribution in [3.05, 3.63) is 36.0 Å². The number of aryl methyl sites for hydroxylation is 1. The van der Waals surface area contributed by atoms with Crippen LogP contribution >= 0.6 is 0 Å². The van der Waals surface area contributed by atoms with Gasteiger partial charge in [0.05, 0.1) is 7.11 Å². The fourth-order valence-corrected chi connectivity index (χ4v) is 1.68. The smallest absolute Gasteiger partial charge is 0.305 e. The lowest BCUT2D eigenvalue weighted by Gasteiger charge is -1.98. The van der Waals surface area contributed by atoms with Crippen molar-refractivity contribution < 1.29 is 9.53 Å². The molecule has 92 valence electrons. The van der Waals surface area contributed by atoms with E-state index in [2.05, 4.69) is 15.8 Å². The molecule has 0 aliphatic rings. The van der Waals surface area contributed by atoms with Gasteiger partial charge in [-0.1, -0.05) is 32.0 Å². The van der Waals surface area contributed by atoms with Crippen molar-refractivity contribution in [2.75, 3.05) is 7.11 Å². The van der Waals surface area contributed by atoms with Crippen molar-refractivity contribution in [1.82, 2.24) is 4.98 Å². The second kappa shape index (κ2) is 6.74. The number of carbonyl (C=O) groups is 1. The first-order chi connectivity index (χ1) is 8.31. The Morgan fingerprint density at radius 3 is 2.71 bits per heavy atom. The van der Waals surface area contributed by atoms with Crippen LogP contribution < -0.4 is 0 Å². The van der Waals surface area contributed by atoms with Crippen LogP contribution in [0.1, 0.15) is 25.8 Å².